The van der Waals surface area contributed by atoms with Crippen molar-refractivity contribution in [1.82, 2.24) is 0 Å². The van der Waals surface area contributed by atoms with Gasteiger partial charge in [0.25, 0.3) is 0 Å². The standard InChI is InChI=1S/C16H22O3/c1-13-2-4-14(5-3-13)12-15(17)6-8-16(9-7-15)18-10-11-19-16/h2-5,17H,6-12H2,1H3. The SMILES string of the molecule is Cc1ccc(CC2(O)CCC3(CC2)OCCO3)cc1. The molecule has 104 valence electrons. The quantitative estimate of drug-likeness (QED) is 0.890. The number of hydrogen-bond acceptors (Lipinski definition) is 3. The van der Waals surface area contributed by atoms with Crippen LogP contribution in [0.2, 0.25) is 0 Å². The molecule has 0 bridgehead atoms. The van der Waals surface area contributed by atoms with Crippen molar-refractivity contribution in [2.75, 3.05) is 13.2 Å². The second-order valence-corrected chi connectivity index (χ2v) is 5.99. The van der Waals surface area contributed by atoms with Gasteiger partial charge in [0.15, 0.2) is 5.79 Å². The summed E-state index contributed by atoms with van der Waals surface area (Å²) in [5.74, 6) is -0.389. The Morgan fingerprint density at radius 3 is 2.16 bits per heavy atom. The van der Waals surface area contributed by atoms with Crippen molar-refractivity contribution in [3.63, 3.8) is 0 Å². The molecule has 2 fully saturated rings. The third-order valence-corrected chi connectivity index (χ3v) is 4.41. The number of benzene rings is 1. The van der Waals surface area contributed by atoms with E-state index in [0.29, 0.717) is 13.2 Å². The van der Waals surface area contributed by atoms with Gasteiger partial charge in [0.05, 0.1) is 18.8 Å². The van der Waals surface area contributed by atoms with E-state index in [9.17, 15) is 5.11 Å². The summed E-state index contributed by atoms with van der Waals surface area (Å²) in [4.78, 5) is 0. The fraction of sp³-hybridized carbons (Fsp3) is 0.625. The Morgan fingerprint density at radius 1 is 1.00 bits per heavy atom. The Kier molecular flexibility index (Phi) is 3.37. The van der Waals surface area contributed by atoms with Crippen molar-refractivity contribution in [2.45, 2.75) is 50.4 Å². The summed E-state index contributed by atoms with van der Waals surface area (Å²) in [5, 5.41) is 10.7. The lowest BCUT2D eigenvalue weighted by molar-refractivity contribution is -0.202. The van der Waals surface area contributed by atoms with Gasteiger partial charge in [0.1, 0.15) is 0 Å². The summed E-state index contributed by atoms with van der Waals surface area (Å²) in [6.07, 6.45) is 3.83. The molecule has 2 aliphatic rings. The fourth-order valence-electron chi connectivity index (χ4n) is 3.14. The van der Waals surface area contributed by atoms with Crippen LogP contribution < -0.4 is 0 Å². The number of aryl methyl sites for hydroxylation is 1. The molecule has 1 aromatic carbocycles. The van der Waals surface area contributed by atoms with Gasteiger partial charge >= 0.3 is 0 Å². The second-order valence-electron chi connectivity index (χ2n) is 5.99. The predicted molar refractivity (Wildman–Crippen MR) is 72.9 cm³/mol. The largest absolute Gasteiger partial charge is 0.390 e. The van der Waals surface area contributed by atoms with Gasteiger partial charge in [-0.15, -0.1) is 0 Å². The van der Waals surface area contributed by atoms with Crippen LogP contribution in [-0.2, 0) is 15.9 Å². The van der Waals surface area contributed by atoms with Gasteiger partial charge in [-0.25, -0.2) is 0 Å². The molecule has 3 rings (SSSR count). The van der Waals surface area contributed by atoms with E-state index in [4.69, 9.17) is 9.47 Å². The second kappa shape index (κ2) is 4.89. The number of aliphatic hydroxyl groups is 1. The maximum absolute atomic E-state index is 10.7. The van der Waals surface area contributed by atoms with Crippen LogP contribution in [-0.4, -0.2) is 29.7 Å². The normalized spacial score (nSPS) is 24.7. The van der Waals surface area contributed by atoms with Crippen LogP contribution >= 0.6 is 0 Å². The molecule has 0 atom stereocenters. The molecule has 3 nitrogen and oxygen atoms in total. The molecule has 0 amide bonds. The molecule has 0 unspecified atom stereocenters. The van der Waals surface area contributed by atoms with Gasteiger partial charge in [0, 0.05) is 19.3 Å². The minimum atomic E-state index is -0.601. The molecule has 1 saturated carbocycles. The first-order chi connectivity index (χ1) is 9.09. The summed E-state index contributed by atoms with van der Waals surface area (Å²) < 4.78 is 11.4. The monoisotopic (exact) mass is 262 g/mol. The molecular formula is C16H22O3. The lowest BCUT2D eigenvalue weighted by Crippen LogP contribution is -2.44. The fourth-order valence-corrected chi connectivity index (χ4v) is 3.14. The first-order valence-electron chi connectivity index (χ1n) is 7.15. The van der Waals surface area contributed by atoms with Crippen LogP contribution in [0, 0.1) is 6.92 Å². The van der Waals surface area contributed by atoms with Crippen molar-refractivity contribution >= 4 is 0 Å². The van der Waals surface area contributed by atoms with Gasteiger partial charge < -0.3 is 14.6 Å². The van der Waals surface area contributed by atoms with Gasteiger partial charge in [0.2, 0.25) is 0 Å². The Morgan fingerprint density at radius 2 is 1.58 bits per heavy atom. The minimum Gasteiger partial charge on any atom is -0.390 e. The van der Waals surface area contributed by atoms with Crippen molar-refractivity contribution < 1.29 is 14.6 Å². The van der Waals surface area contributed by atoms with E-state index in [0.717, 1.165) is 32.1 Å². The Bertz CT molecular complexity index is 422. The first kappa shape index (κ1) is 13.1. The molecule has 1 aromatic rings. The van der Waals surface area contributed by atoms with Crippen LogP contribution in [0.4, 0.5) is 0 Å². The summed E-state index contributed by atoms with van der Waals surface area (Å²) in [6, 6.07) is 8.43. The van der Waals surface area contributed by atoms with Crippen molar-refractivity contribution in [3.05, 3.63) is 35.4 Å². The molecule has 3 heteroatoms. The van der Waals surface area contributed by atoms with Crippen molar-refractivity contribution in [3.8, 4) is 0 Å². The third kappa shape index (κ3) is 2.83. The van der Waals surface area contributed by atoms with E-state index in [1.807, 2.05) is 0 Å². The minimum absolute atomic E-state index is 0.389. The highest BCUT2D eigenvalue weighted by molar-refractivity contribution is 5.23. The maximum Gasteiger partial charge on any atom is 0.168 e. The highest BCUT2D eigenvalue weighted by atomic mass is 16.7. The molecule has 1 N–H and O–H groups in total. The molecule has 1 aliphatic carbocycles. The Balaban J connectivity index is 1.63. The van der Waals surface area contributed by atoms with Crippen LogP contribution in [0.3, 0.4) is 0 Å². The van der Waals surface area contributed by atoms with E-state index in [-0.39, 0.29) is 5.79 Å². The van der Waals surface area contributed by atoms with Gasteiger partial charge in [-0.2, -0.15) is 0 Å². The highest BCUT2D eigenvalue weighted by Gasteiger charge is 2.45. The molecule has 19 heavy (non-hydrogen) atoms. The van der Waals surface area contributed by atoms with E-state index in [1.165, 1.54) is 11.1 Å². The Labute approximate surface area is 114 Å². The van der Waals surface area contributed by atoms with Crippen LogP contribution in [0.5, 0.6) is 0 Å². The van der Waals surface area contributed by atoms with Gasteiger partial charge in [-0.3, -0.25) is 0 Å². The molecule has 1 saturated heterocycles. The summed E-state index contributed by atoms with van der Waals surface area (Å²) in [5.41, 5.74) is 1.86. The van der Waals surface area contributed by atoms with E-state index < -0.39 is 5.60 Å². The van der Waals surface area contributed by atoms with E-state index in [2.05, 4.69) is 31.2 Å². The molecule has 1 aliphatic heterocycles. The lowest BCUT2D eigenvalue weighted by Gasteiger charge is -2.40. The average Bonchev–Trinajstić information content (AvgIpc) is 2.86. The summed E-state index contributed by atoms with van der Waals surface area (Å²) in [6.45, 7) is 3.46. The maximum atomic E-state index is 10.7. The lowest BCUT2D eigenvalue weighted by atomic mass is 9.78. The third-order valence-electron chi connectivity index (χ3n) is 4.41. The average molecular weight is 262 g/mol. The zero-order valence-electron chi connectivity index (χ0n) is 11.5. The predicted octanol–water partition coefficient (Wildman–Crippen LogP) is 2.59. The van der Waals surface area contributed by atoms with Gasteiger partial charge in [-0.05, 0) is 25.3 Å². The molecule has 1 spiro atoms. The smallest absolute Gasteiger partial charge is 0.168 e. The topological polar surface area (TPSA) is 38.7 Å². The van der Waals surface area contributed by atoms with Crippen LogP contribution in [0.25, 0.3) is 0 Å². The zero-order chi connectivity index (χ0) is 13.3. The zero-order valence-corrected chi connectivity index (χ0v) is 11.5. The van der Waals surface area contributed by atoms with E-state index in [1.54, 1.807) is 0 Å². The number of rotatable bonds is 2. The summed E-state index contributed by atoms with van der Waals surface area (Å²) >= 11 is 0. The van der Waals surface area contributed by atoms with Crippen molar-refractivity contribution in [2.24, 2.45) is 0 Å². The van der Waals surface area contributed by atoms with Crippen molar-refractivity contribution in [1.29, 1.82) is 0 Å². The molecule has 0 radical (unpaired) electrons. The van der Waals surface area contributed by atoms with Crippen LogP contribution in [0.1, 0.15) is 36.8 Å². The van der Waals surface area contributed by atoms with Crippen LogP contribution in [0.15, 0.2) is 24.3 Å². The summed E-state index contributed by atoms with van der Waals surface area (Å²) in [7, 11) is 0. The number of ether oxygens (including phenoxy) is 2. The highest BCUT2D eigenvalue weighted by Crippen LogP contribution is 2.41. The number of hydrogen-bond donors (Lipinski definition) is 1. The molecule has 1 heterocycles. The first-order valence-corrected chi connectivity index (χ1v) is 7.15. The van der Waals surface area contributed by atoms with E-state index >= 15 is 0 Å². The van der Waals surface area contributed by atoms with Gasteiger partial charge in [-0.1, -0.05) is 29.8 Å². The molecular weight excluding hydrogens is 240 g/mol. The molecule has 0 aromatic heterocycles. The Hall–Kier alpha value is -0.900.